The number of nitrogens with one attached hydrogen (secondary N) is 1. The second kappa shape index (κ2) is 5.30. The lowest BCUT2D eigenvalue weighted by Crippen LogP contribution is -2.42. The van der Waals surface area contributed by atoms with E-state index in [0.717, 1.165) is 9.87 Å². The molecule has 0 radical (unpaired) electrons. The molecule has 0 aromatic heterocycles. The third kappa shape index (κ3) is 2.44. The molecule has 1 heterocycles. The second-order valence-electron chi connectivity index (χ2n) is 4.99. The number of aryl methyl sites for hydroxylation is 1. The summed E-state index contributed by atoms with van der Waals surface area (Å²) < 4.78 is 26.8. The number of carbonyl (C=O) groups excluding carboxylic acids is 1. The van der Waals surface area contributed by atoms with Crippen LogP contribution in [0.15, 0.2) is 47.4 Å². The minimum Gasteiger partial charge on any atom is -0.323 e. The highest BCUT2D eigenvalue weighted by Crippen LogP contribution is 2.34. The molecule has 7 heteroatoms. The maximum Gasteiger partial charge on any atom is 0.264 e. The summed E-state index contributed by atoms with van der Waals surface area (Å²) in [6.45, 7) is 1.53. The van der Waals surface area contributed by atoms with E-state index in [1.165, 1.54) is 12.1 Å². The van der Waals surface area contributed by atoms with E-state index >= 15 is 0 Å². The number of hydrogen-bond donors (Lipinski definition) is 1. The molecule has 0 saturated heterocycles. The van der Waals surface area contributed by atoms with Gasteiger partial charge in [-0.05, 0) is 36.8 Å². The zero-order valence-electron chi connectivity index (χ0n) is 11.7. The van der Waals surface area contributed by atoms with Crippen molar-refractivity contribution < 1.29 is 13.2 Å². The van der Waals surface area contributed by atoms with Crippen molar-refractivity contribution in [1.29, 1.82) is 0 Å². The van der Waals surface area contributed by atoms with E-state index in [0.29, 0.717) is 16.4 Å². The van der Waals surface area contributed by atoms with E-state index in [1.54, 1.807) is 37.3 Å². The van der Waals surface area contributed by atoms with Crippen LogP contribution in [0.5, 0.6) is 0 Å². The van der Waals surface area contributed by atoms with E-state index < -0.39 is 10.0 Å². The fourth-order valence-corrected chi connectivity index (χ4v) is 3.99. The summed E-state index contributed by atoms with van der Waals surface area (Å²) >= 11 is 6.03. The van der Waals surface area contributed by atoms with Crippen LogP contribution in [0.1, 0.15) is 5.56 Å². The van der Waals surface area contributed by atoms with Crippen LogP contribution in [-0.2, 0) is 14.8 Å². The number of fused-ring (bicyclic) bond motifs is 1. The fourth-order valence-electron chi connectivity index (χ4n) is 2.28. The Kier molecular flexibility index (Phi) is 3.58. The van der Waals surface area contributed by atoms with Gasteiger partial charge in [0.05, 0.1) is 16.3 Å². The minimum atomic E-state index is -3.86. The van der Waals surface area contributed by atoms with Crippen molar-refractivity contribution in [1.82, 2.24) is 0 Å². The second-order valence-corrected chi connectivity index (χ2v) is 7.26. The summed E-state index contributed by atoms with van der Waals surface area (Å²) in [5.41, 5.74) is 1.71. The molecule has 1 aliphatic heterocycles. The molecule has 1 aliphatic rings. The van der Waals surface area contributed by atoms with E-state index in [2.05, 4.69) is 5.32 Å². The molecule has 5 nitrogen and oxygen atoms in total. The van der Waals surface area contributed by atoms with Crippen LogP contribution >= 0.6 is 11.6 Å². The number of carbonyl (C=O) groups is 1. The Bertz CT molecular complexity index is 865. The zero-order valence-corrected chi connectivity index (χ0v) is 13.3. The summed E-state index contributed by atoms with van der Waals surface area (Å²) in [7, 11) is -3.86. The van der Waals surface area contributed by atoms with Crippen molar-refractivity contribution in [2.75, 3.05) is 16.2 Å². The summed E-state index contributed by atoms with van der Waals surface area (Å²) in [6, 6.07) is 11.3. The highest BCUT2D eigenvalue weighted by atomic mass is 35.5. The first kappa shape index (κ1) is 14.9. The van der Waals surface area contributed by atoms with Crippen molar-refractivity contribution in [3.05, 3.63) is 53.1 Å². The summed E-state index contributed by atoms with van der Waals surface area (Å²) in [6.07, 6.45) is 0. The number of amides is 1. The molecule has 1 amide bonds. The molecule has 0 unspecified atom stereocenters. The molecule has 22 heavy (non-hydrogen) atoms. The molecular weight excluding hydrogens is 324 g/mol. The smallest absolute Gasteiger partial charge is 0.264 e. The van der Waals surface area contributed by atoms with Gasteiger partial charge in [0, 0.05) is 5.02 Å². The van der Waals surface area contributed by atoms with E-state index in [4.69, 9.17) is 11.6 Å². The molecule has 0 bridgehead atoms. The van der Waals surface area contributed by atoms with Gasteiger partial charge in [0.1, 0.15) is 6.54 Å². The Morgan fingerprint density at radius 1 is 1.18 bits per heavy atom. The minimum absolute atomic E-state index is 0.0626. The first-order chi connectivity index (χ1) is 10.4. The standard InChI is InChI=1S/C15H13ClN2O3S/c1-10-6-7-11(8-12(10)16)22(20,21)18-9-15(19)17-13-4-2-3-5-14(13)18/h2-8H,9H2,1H3,(H,17,19). The molecule has 0 fully saturated rings. The Morgan fingerprint density at radius 2 is 1.91 bits per heavy atom. The quantitative estimate of drug-likeness (QED) is 0.917. The van der Waals surface area contributed by atoms with Crippen molar-refractivity contribution in [2.45, 2.75) is 11.8 Å². The highest BCUT2D eigenvalue weighted by molar-refractivity contribution is 7.92. The molecule has 0 aliphatic carbocycles. The predicted molar refractivity (Wildman–Crippen MR) is 85.8 cm³/mol. The molecule has 0 atom stereocenters. The highest BCUT2D eigenvalue weighted by Gasteiger charge is 2.32. The van der Waals surface area contributed by atoms with Crippen molar-refractivity contribution >= 4 is 38.9 Å². The topological polar surface area (TPSA) is 66.5 Å². The van der Waals surface area contributed by atoms with Crippen molar-refractivity contribution in [3.63, 3.8) is 0 Å². The molecule has 2 aromatic carbocycles. The number of benzene rings is 2. The molecule has 0 spiro atoms. The summed E-state index contributed by atoms with van der Waals surface area (Å²) in [5.74, 6) is -0.375. The van der Waals surface area contributed by atoms with Gasteiger partial charge in [-0.15, -0.1) is 0 Å². The maximum absolute atomic E-state index is 12.8. The first-order valence-corrected chi connectivity index (χ1v) is 8.39. The third-order valence-electron chi connectivity index (χ3n) is 3.47. The zero-order chi connectivity index (χ0) is 15.9. The van der Waals surface area contributed by atoms with Gasteiger partial charge in [0.2, 0.25) is 5.91 Å². The van der Waals surface area contributed by atoms with Gasteiger partial charge in [-0.2, -0.15) is 0 Å². The monoisotopic (exact) mass is 336 g/mol. The fraction of sp³-hybridized carbons (Fsp3) is 0.133. The van der Waals surface area contributed by atoms with Crippen LogP contribution in [0.4, 0.5) is 11.4 Å². The molecule has 3 rings (SSSR count). The third-order valence-corrected chi connectivity index (χ3v) is 5.63. The number of para-hydroxylation sites is 2. The number of halogens is 1. The van der Waals surface area contributed by atoms with Gasteiger partial charge in [0.25, 0.3) is 10.0 Å². The first-order valence-electron chi connectivity index (χ1n) is 6.57. The number of anilines is 2. The molecule has 2 aromatic rings. The normalized spacial score (nSPS) is 14.5. The average molecular weight is 337 g/mol. The largest absolute Gasteiger partial charge is 0.323 e. The van der Waals surface area contributed by atoms with Gasteiger partial charge in [0.15, 0.2) is 0 Å². The van der Waals surface area contributed by atoms with Crippen molar-refractivity contribution in [2.24, 2.45) is 0 Å². The number of sulfonamides is 1. The average Bonchev–Trinajstić information content (AvgIpc) is 2.49. The van der Waals surface area contributed by atoms with E-state index in [1.807, 2.05) is 0 Å². The maximum atomic E-state index is 12.8. The SMILES string of the molecule is Cc1ccc(S(=O)(=O)N2CC(=O)Nc3ccccc32)cc1Cl. The van der Waals surface area contributed by atoms with Crippen LogP contribution in [0.2, 0.25) is 5.02 Å². The Labute approximate surface area is 133 Å². The number of nitrogens with zero attached hydrogens (tertiary/aromatic N) is 1. The Morgan fingerprint density at radius 3 is 2.64 bits per heavy atom. The lowest BCUT2D eigenvalue weighted by Gasteiger charge is -2.30. The van der Waals surface area contributed by atoms with Crippen LogP contribution in [0.25, 0.3) is 0 Å². The van der Waals surface area contributed by atoms with Crippen molar-refractivity contribution in [3.8, 4) is 0 Å². The number of hydrogen-bond acceptors (Lipinski definition) is 3. The Hall–Kier alpha value is -2.05. The van der Waals surface area contributed by atoms with Crippen LogP contribution in [0, 0.1) is 6.92 Å². The Balaban J connectivity index is 2.13. The van der Waals surface area contributed by atoms with E-state index in [-0.39, 0.29) is 17.3 Å². The molecule has 114 valence electrons. The predicted octanol–water partition coefficient (Wildman–Crippen LogP) is 2.80. The van der Waals surface area contributed by atoms with Gasteiger partial charge >= 0.3 is 0 Å². The lowest BCUT2D eigenvalue weighted by molar-refractivity contribution is -0.115. The van der Waals surface area contributed by atoms with E-state index in [9.17, 15) is 13.2 Å². The summed E-state index contributed by atoms with van der Waals surface area (Å²) in [5, 5.41) is 3.03. The molecule has 1 N–H and O–H groups in total. The van der Waals surface area contributed by atoms with Crippen LogP contribution in [-0.4, -0.2) is 20.9 Å². The molecular formula is C15H13ClN2O3S. The van der Waals surface area contributed by atoms with Gasteiger partial charge < -0.3 is 5.32 Å². The van der Waals surface area contributed by atoms with Gasteiger partial charge in [-0.1, -0.05) is 29.8 Å². The van der Waals surface area contributed by atoms with Crippen LogP contribution in [0.3, 0.4) is 0 Å². The lowest BCUT2D eigenvalue weighted by atomic mass is 10.2. The summed E-state index contributed by atoms with van der Waals surface area (Å²) in [4.78, 5) is 11.9. The molecule has 0 saturated carbocycles. The number of rotatable bonds is 2. The van der Waals surface area contributed by atoms with Gasteiger partial charge in [-0.3, -0.25) is 9.10 Å². The van der Waals surface area contributed by atoms with Gasteiger partial charge in [-0.25, -0.2) is 8.42 Å². The van der Waals surface area contributed by atoms with Crippen LogP contribution < -0.4 is 9.62 Å².